The van der Waals surface area contributed by atoms with Gasteiger partial charge in [-0.3, -0.25) is 10.1 Å². The molecule has 25 heavy (non-hydrogen) atoms. The second kappa shape index (κ2) is 7.67. The predicted molar refractivity (Wildman–Crippen MR) is 98.8 cm³/mol. The van der Waals surface area contributed by atoms with Crippen molar-refractivity contribution in [3.8, 4) is 11.4 Å². The summed E-state index contributed by atoms with van der Waals surface area (Å²) in [7, 11) is 0. The highest BCUT2D eigenvalue weighted by Gasteiger charge is 2.14. The fourth-order valence-electron chi connectivity index (χ4n) is 2.40. The van der Waals surface area contributed by atoms with Crippen LogP contribution in [0.25, 0.3) is 11.4 Å². The second-order valence-electron chi connectivity index (χ2n) is 5.27. The molecule has 128 valence electrons. The molecule has 0 saturated heterocycles. The van der Waals surface area contributed by atoms with Crippen molar-refractivity contribution in [2.45, 2.75) is 24.4 Å². The number of nitrogens with zero attached hydrogens (tertiary/aromatic N) is 4. The molecule has 0 radical (unpaired) electrons. The molecule has 3 aromatic rings. The zero-order chi connectivity index (χ0) is 17.8. The zero-order valence-electron chi connectivity index (χ0n) is 13.4. The number of hydrogen-bond acceptors (Lipinski definition) is 5. The van der Waals surface area contributed by atoms with Crippen LogP contribution in [0.1, 0.15) is 12.5 Å². The molecule has 2 aromatic carbocycles. The highest BCUT2D eigenvalue weighted by atomic mass is 35.5. The minimum Gasteiger partial charge on any atom is -0.302 e. The maximum atomic E-state index is 10.9. The first-order valence-corrected chi connectivity index (χ1v) is 9.00. The molecule has 0 aliphatic heterocycles. The Morgan fingerprint density at radius 2 is 1.96 bits per heavy atom. The first-order valence-electron chi connectivity index (χ1n) is 7.63. The molecule has 0 saturated carbocycles. The van der Waals surface area contributed by atoms with E-state index in [9.17, 15) is 10.1 Å². The van der Waals surface area contributed by atoms with Gasteiger partial charge in [-0.1, -0.05) is 35.5 Å². The zero-order valence-corrected chi connectivity index (χ0v) is 15.0. The molecule has 0 spiro atoms. The van der Waals surface area contributed by atoms with Crippen LogP contribution < -0.4 is 0 Å². The predicted octanol–water partition coefficient (Wildman–Crippen LogP) is 4.82. The number of hydrogen-bond donors (Lipinski definition) is 0. The SMILES string of the molecule is CCn1c(SCc2cccc([N+](=O)[O-])c2)nnc1-c1ccc(Cl)cc1. The topological polar surface area (TPSA) is 73.8 Å². The first kappa shape index (κ1) is 17.4. The van der Waals surface area contributed by atoms with Gasteiger partial charge in [0.15, 0.2) is 11.0 Å². The summed E-state index contributed by atoms with van der Waals surface area (Å²) in [5.74, 6) is 1.36. The van der Waals surface area contributed by atoms with Gasteiger partial charge >= 0.3 is 0 Å². The Bertz CT molecular complexity index is 896. The summed E-state index contributed by atoms with van der Waals surface area (Å²) in [6.45, 7) is 2.75. The van der Waals surface area contributed by atoms with Gasteiger partial charge in [0.25, 0.3) is 5.69 Å². The largest absolute Gasteiger partial charge is 0.302 e. The number of thioether (sulfide) groups is 1. The van der Waals surface area contributed by atoms with E-state index in [1.54, 1.807) is 12.1 Å². The highest BCUT2D eigenvalue weighted by molar-refractivity contribution is 7.98. The third kappa shape index (κ3) is 4.00. The fourth-order valence-corrected chi connectivity index (χ4v) is 3.47. The minimum atomic E-state index is -0.388. The molecule has 0 aliphatic carbocycles. The van der Waals surface area contributed by atoms with Crippen LogP contribution >= 0.6 is 23.4 Å². The van der Waals surface area contributed by atoms with Gasteiger partial charge in [0.1, 0.15) is 0 Å². The molecule has 0 unspecified atom stereocenters. The lowest BCUT2D eigenvalue weighted by molar-refractivity contribution is -0.384. The van der Waals surface area contributed by atoms with E-state index in [1.165, 1.54) is 17.8 Å². The minimum absolute atomic E-state index is 0.0944. The van der Waals surface area contributed by atoms with Crippen molar-refractivity contribution in [1.82, 2.24) is 14.8 Å². The van der Waals surface area contributed by atoms with Crippen LogP contribution in [0.5, 0.6) is 0 Å². The van der Waals surface area contributed by atoms with Gasteiger partial charge in [0.2, 0.25) is 0 Å². The molecule has 8 heteroatoms. The lowest BCUT2D eigenvalue weighted by atomic mass is 10.2. The van der Waals surface area contributed by atoms with Crippen molar-refractivity contribution in [3.05, 3.63) is 69.2 Å². The Balaban J connectivity index is 1.80. The molecule has 0 atom stereocenters. The van der Waals surface area contributed by atoms with Gasteiger partial charge in [-0.25, -0.2) is 0 Å². The molecular weight excluding hydrogens is 360 g/mol. The van der Waals surface area contributed by atoms with Gasteiger partial charge in [0.05, 0.1) is 4.92 Å². The van der Waals surface area contributed by atoms with E-state index in [1.807, 2.05) is 41.8 Å². The van der Waals surface area contributed by atoms with Crippen molar-refractivity contribution in [3.63, 3.8) is 0 Å². The Morgan fingerprint density at radius 3 is 2.64 bits per heavy atom. The molecule has 0 fully saturated rings. The van der Waals surface area contributed by atoms with Crippen LogP contribution in [0.15, 0.2) is 53.7 Å². The van der Waals surface area contributed by atoms with Crippen molar-refractivity contribution in [2.24, 2.45) is 0 Å². The van der Waals surface area contributed by atoms with Crippen molar-refractivity contribution >= 4 is 29.1 Å². The third-order valence-electron chi connectivity index (χ3n) is 3.62. The van der Waals surface area contributed by atoms with Gasteiger partial charge in [0, 0.05) is 35.0 Å². The molecule has 0 bridgehead atoms. The molecule has 0 amide bonds. The number of benzene rings is 2. The summed E-state index contributed by atoms with van der Waals surface area (Å²) in [6, 6.07) is 14.1. The van der Waals surface area contributed by atoms with Crippen LogP contribution in [-0.4, -0.2) is 19.7 Å². The number of rotatable bonds is 6. The van der Waals surface area contributed by atoms with Crippen LogP contribution in [0, 0.1) is 10.1 Å². The smallest absolute Gasteiger partial charge is 0.269 e. The Kier molecular flexibility index (Phi) is 5.35. The average molecular weight is 375 g/mol. The van der Waals surface area contributed by atoms with Crippen molar-refractivity contribution in [1.29, 1.82) is 0 Å². The summed E-state index contributed by atoms with van der Waals surface area (Å²) >= 11 is 7.44. The number of nitro benzene ring substituents is 1. The van der Waals surface area contributed by atoms with Gasteiger partial charge in [-0.2, -0.15) is 0 Å². The van der Waals surface area contributed by atoms with Crippen LogP contribution in [0.4, 0.5) is 5.69 Å². The van der Waals surface area contributed by atoms with Crippen LogP contribution in [0.2, 0.25) is 5.02 Å². The maximum Gasteiger partial charge on any atom is 0.269 e. The summed E-state index contributed by atoms with van der Waals surface area (Å²) in [5.41, 5.74) is 1.91. The molecule has 6 nitrogen and oxygen atoms in total. The number of halogens is 1. The van der Waals surface area contributed by atoms with Gasteiger partial charge in [-0.15, -0.1) is 10.2 Å². The Morgan fingerprint density at radius 1 is 1.20 bits per heavy atom. The average Bonchev–Trinajstić information content (AvgIpc) is 3.03. The molecule has 3 rings (SSSR count). The summed E-state index contributed by atoms with van der Waals surface area (Å²) in [6.07, 6.45) is 0. The van der Waals surface area contributed by atoms with E-state index in [0.29, 0.717) is 10.8 Å². The molecule has 1 aromatic heterocycles. The summed E-state index contributed by atoms with van der Waals surface area (Å²) in [5, 5.41) is 20.9. The summed E-state index contributed by atoms with van der Waals surface area (Å²) < 4.78 is 2.02. The maximum absolute atomic E-state index is 10.9. The normalized spacial score (nSPS) is 10.8. The Labute approximate surface area is 154 Å². The first-order chi connectivity index (χ1) is 12.1. The standard InChI is InChI=1S/C17H15ClN4O2S/c1-2-21-16(13-6-8-14(18)9-7-13)19-20-17(21)25-11-12-4-3-5-15(10-12)22(23)24/h3-10H,2,11H2,1H3. The molecule has 0 aliphatic rings. The van der Waals surface area contributed by atoms with Gasteiger partial charge < -0.3 is 4.57 Å². The van der Waals surface area contributed by atoms with E-state index < -0.39 is 0 Å². The quantitative estimate of drug-likeness (QED) is 0.351. The van der Waals surface area contributed by atoms with Gasteiger partial charge in [-0.05, 0) is 36.8 Å². The lowest BCUT2D eigenvalue weighted by Crippen LogP contribution is -2.00. The van der Waals surface area contributed by atoms with Crippen LogP contribution in [-0.2, 0) is 12.3 Å². The number of nitro groups is 1. The Hall–Kier alpha value is -2.38. The second-order valence-corrected chi connectivity index (χ2v) is 6.65. The third-order valence-corrected chi connectivity index (χ3v) is 4.91. The monoisotopic (exact) mass is 374 g/mol. The molecule has 0 N–H and O–H groups in total. The molecular formula is C17H15ClN4O2S. The number of non-ortho nitro benzene ring substituents is 1. The summed E-state index contributed by atoms with van der Waals surface area (Å²) in [4.78, 5) is 10.5. The lowest BCUT2D eigenvalue weighted by Gasteiger charge is -2.07. The van der Waals surface area contributed by atoms with Crippen LogP contribution in [0.3, 0.4) is 0 Å². The molecule has 1 heterocycles. The van der Waals surface area contributed by atoms with E-state index in [0.717, 1.165) is 28.7 Å². The van der Waals surface area contributed by atoms with Crippen molar-refractivity contribution < 1.29 is 4.92 Å². The highest BCUT2D eigenvalue weighted by Crippen LogP contribution is 2.27. The number of aromatic nitrogens is 3. The van der Waals surface area contributed by atoms with E-state index in [4.69, 9.17) is 11.6 Å². The van der Waals surface area contributed by atoms with Crippen molar-refractivity contribution in [2.75, 3.05) is 0 Å². The fraction of sp³-hybridized carbons (Fsp3) is 0.176. The van der Waals surface area contributed by atoms with E-state index >= 15 is 0 Å². The van der Waals surface area contributed by atoms with E-state index in [2.05, 4.69) is 10.2 Å². The van der Waals surface area contributed by atoms with E-state index in [-0.39, 0.29) is 10.6 Å².